The predicted molar refractivity (Wildman–Crippen MR) is 146 cm³/mol. The lowest BCUT2D eigenvalue weighted by atomic mass is 9.97. The molecule has 2 bridgehead atoms. The summed E-state index contributed by atoms with van der Waals surface area (Å²) in [6.45, 7) is 0.183. The number of carboxylic acid groups (broad SMARTS) is 1. The van der Waals surface area contributed by atoms with Crippen LogP contribution >= 0.6 is 0 Å². The van der Waals surface area contributed by atoms with Crippen molar-refractivity contribution >= 4 is 22.6 Å². The normalized spacial score (nSPS) is 22.1. The first-order valence-corrected chi connectivity index (χ1v) is 14.1. The second-order valence-electron chi connectivity index (χ2n) is 11.3. The average Bonchev–Trinajstić information content (AvgIpc) is 3.66. The molecule has 1 unspecified atom stereocenters. The minimum atomic E-state index is -4.83. The number of aromatic carboxylic acids is 1. The van der Waals surface area contributed by atoms with Crippen molar-refractivity contribution in [2.24, 2.45) is 0 Å². The van der Waals surface area contributed by atoms with Crippen molar-refractivity contribution in [3.8, 4) is 17.0 Å². The summed E-state index contributed by atoms with van der Waals surface area (Å²) in [5.41, 5.74) is 3.14. The van der Waals surface area contributed by atoms with Gasteiger partial charge >= 0.3 is 12.3 Å². The van der Waals surface area contributed by atoms with Gasteiger partial charge in [-0.2, -0.15) is 0 Å². The van der Waals surface area contributed by atoms with Crippen LogP contribution in [0.3, 0.4) is 0 Å². The van der Waals surface area contributed by atoms with Crippen LogP contribution < -0.4 is 9.64 Å². The summed E-state index contributed by atoms with van der Waals surface area (Å²) in [6, 6.07) is 13.9. The molecule has 3 fully saturated rings. The Bertz CT molecular complexity index is 1640. The first kappa shape index (κ1) is 26.8. The number of carbonyl (C=O) groups is 1. The molecule has 4 aromatic rings. The van der Waals surface area contributed by atoms with Crippen LogP contribution in [0.15, 0.2) is 59.3 Å². The number of fused-ring (bicyclic) bond motifs is 3. The molecule has 42 heavy (non-hydrogen) atoms. The zero-order valence-corrected chi connectivity index (χ0v) is 22.5. The highest BCUT2D eigenvalue weighted by molar-refractivity contribution is 5.96. The fourth-order valence-electron chi connectivity index (χ4n) is 6.54. The van der Waals surface area contributed by atoms with Crippen LogP contribution in [0.1, 0.15) is 66.1 Å². The number of pyridine rings is 1. The number of rotatable bonds is 8. The molecule has 0 amide bonds. The maximum Gasteiger partial charge on any atom is 0.573 e. The molecular weight excluding hydrogens is 551 g/mol. The number of nitrogens with zero attached hydrogens (tertiary/aromatic N) is 3. The minimum absolute atomic E-state index is 0.0447. The van der Waals surface area contributed by atoms with E-state index in [0.29, 0.717) is 17.0 Å². The fourth-order valence-corrected chi connectivity index (χ4v) is 6.54. The zero-order valence-electron chi connectivity index (χ0n) is 22.5. The monoisotopic (exact) mass is 579 g/mol. The van der Waals surface area contributed by atoms with E-state index in [4.69, 9.17) is 9.26 Å². The third-order valence-electron chi connectivity index (χ3n) is 8.50. The smallest absolute Gasteiger partial charge is 0.478 e. The van der Waals surface area contributed by atoms with Crippen molar-refractivity contribution in [3.05, 3.63) is 71.6 Å². The van der Waals surface area contributed by atoms with Crippen molar-refractivity contribution < 1.29 is 37.1 Å². The summed E-state index contributed by atoms with van der Waals surface area (Å²) in [5.74, 6) is -0.466. The van der Waals surface area contributed by atoms with Crippen molar-refractivity contribution in [1.29, 1.82) is 0 Å². The van der Waals surface area contributed by atoms with Gasteiger partial charge in [-0.1, -0.05) is 29.4 Å². The first-order valence-electron chi connectivity index (χ1n) is 14.1. The molecule has 3 atom stereocenters. The van der Waals surface area contributed by atoms with Gasteiger partial charge in [-0.25, -0.2) is 4.79 Å². The number of ether oxygens (including phenoxy) is 2. The van der Waals surface area contributed by atoms with Crippen LogP contribution in [0.25, 0.3) is 22.2 Å². The van der Waals surface area contributed by atoms with Crippen LogP contribution in [0, 0.1) is 0 Å². The van der Waals surface area contributed by atoms with Crippen molar-refractivity contribution in [3.63, 3.8) is 0 Å². The van der Waals surface area contributed by atoms with E-state index in [9.17, 15) is 23.1 Å². The summed E-state index contributed by atoms with van der Waals surface area (Å²) < 4.78 is 55.8. The van der Waals surface area contributed by atoms with Gasteiger partial charge in [0.25, 0.3) is 0 Å². The summed E-state index contributed by atoms with van der Waals surface area (Å²) in [7, 11) is 0. The Morgan fingerprint density at radius 1 is 1.05 bits per heavy atom. The molecule has 2 aromatic heterocycles. The van der Waals surface area contributed by atoms with Gasteiger partial charge in [0.05, 0.1) is 29.5 Å². The second-order valence-corrected chi connectivity index (χ2v) is 11.3. The van der Waals surface area contributed by atoms with Gasteiger partial charge < -0.3 is 24.0 Å². The van der Waals surface area contributed by atoms with E-state index >= 15 is 0 Å². The largest absolute Gasteiger partial charge is 0.573 e. The third kappa shape index (κ3) is 5.06. The molecule has 2 aliphatic heterocycles. The molecule has 3 aliphatic rings. The summed E-state index contributed by atoms with van der Waals surface area (Å²) >= 11 is 0. The number of carboxylic acids is 1. The van der Waals surface area contributed by atoms with E-state index in [-0.39, 0.29) is 47.6 Å². The number of para-hydroxylation sites is 2. The standard InChI is InChI=1S/C31H28F3N3O5/c32-31(33,34)41-26-7-2-1-5-23(26)28-24(29(42-36-28)17-8-9-17)16-40-22-13-20-10-11-21(14-22)37(20)25-6-3-4-18-12-19(30(38)39)15-35-27(18)25/h1-7,12,15,17,20-22H,8-11,13-14,16H2,(H,38,39)/t20-,21+,22?. The van der Waals surface area contributed by atoms with Gasteiger partial charge in [-0.3, -0.25) is 4.98 Å². The topological polar surface area (TPSA) is 97.9 Å². The summed E-state index contributed by atoms with van der Waals surface area (Å²) in [6.07, 6.45) is 1.98. The maximum absolute atomic E-state index is 13.1. The number of alkyl halides is 3. The SMILES string of the molecule is O=C(O)c1cnc2c(N3[C@@H]4CC[C@H]3CC(OCc3c(-c5ccccc5OC(F)(F)F)noc3C3CC3)C4)cccc2c1. The van der Waals surface area contributed by atoms with Crippen LogP contribution in [-0.4, -0.2) is 45.8 Å². The molecule has 7 rings (SSSR count). The van der Waals surface area contributed by atoms with Crippen molar-refractivity contribution in [2.75, 3.05) is 4.90 Å². The first-order chi connectivity index (χ1) is 20.2. The van der Waals surface area contributed by atoms with Gasteiger partial charge in [-0.05, 0) is 62.8 Å². The van der Waals surface area contributed by atoms with Gasteiger partial charge in [0.15, 0.2) is 0 Å². The van der Waals surface area contributed by atoms with Crippen LogP contribution in [0.5, 0.6) is 5.75 Å². The van der Waals surface area contributed by atoms with Crippen LogP contribution in [0.2, 0.25) is 0 Å². The highest BCUT2D eigenvalue weighted by atomic mass is 19.4. The quantitative estimate of drug-likeness (QED) is 0.237. The summed E-state index contributed by atoms with van der Waals surface area (Å²) in [5, 5.41) is 14.3. The van der Waals surface area contributed by atoms with E-state index in [1.807, 2.05) is 18.2 Å². The van der Waals surface area contributed by atoms with E-state index in [2.05, 4.69) is 19.8 Å². The second kappa shape index (κ2) is 10.3. The molecule has 1 saturated carbocycles. The van der Waals surface area contributed by atoms with Crippen molar-refractivity contribution in [1.82, 2.24) is 10.1 Å². The number of hydrogen-bond acceptors (Lipinski definition) is 7. The number of benzene rings is 2. The number of piperidine rings is 1. The molecule has 1 aliphatic carbocycles. The predicted octanol–water partition coefficient (Wildman–Crippen LogP) is 7.08. The molecule has 11 heteroatoms. The molecule has 0 radical (unpaired) electrons. The maximum atomic E-state index is 13.1. The molecule has 8 nitrogen and oxygen atoms in total. The molecule has 1 N–H and O–H groups in total. The van der Waals surface area contributed by atoms with Gasteiger partial charge in [-0.15, -0.1) is 13.2 Å². The lowest BCUT2D eigenvalue weighted by Gasteiger charge is -2.40. The van der Waals surface area contributed by atoms with Crippen molar-refractivity contribution in [2.45, 2.75) is 75.6 Å². The van der Waals surface area contributed by atoms with Crippen LogP contribution in [-0.2, 0) is 11.3 Å². The Labute approximate surface area is 239 Å². The lowest BCUT2D eigenvalue weighted by Crippen LogP contribution is -2.45. The highest BCUT2D eigenvalue weighted by Gasteiger charge is 2.42. The van der Waals surface area contributed by atoms with Crippen LogP contribution in [0.4, 0.5) is 18.9 Å². The van der Waals surface area contributed by atoms with Gasteiger partial charge in [0, 0.05) is 40.7 Å². The Balaban J connectivity index is 1.11. The Morgan fingerprint density at radius 3 is 2.52 bits per heavy atom. The Morgan fingerprint density at radius 2 is 1.81 bits per heavy atom. The Kier molecular flexibility index (Phi) is 6.56. The third-order valence-corrected chi connectivity index (χ3v) is 8.50. The lowest BCUT2D eigenvalue weighted by molar-refractivity contribution is -0.274. The molecule has 2 aromatic carbocycles. The number of anilines is 1. The van der Waals surface area contributed by atoms with E-state index in [0.717, 1.165) is 55.1 Å². The molecular formula is C31H28F3N3O5. The van der Waals surface area contributed by atoms with E-state index < -0.39 is 12.3 Å². The Hall–Kier alpha value is -4.12. The number of aromatic nitrogens is 2. The average molecular weight is 580 g/mol. The molecule has 218 valence electrons. The number of hydrogen-bond donors (Lipinski definition) is 1. The molecule has 2 saturated heterocycles. The van der Waals surface area contributed by atoms with E-state index in [1.54, 1.807) is 18.2 Å². The zero-order chi connectivity index (χ0) is 29.0. The molecule has 0 spiro atoms. The highest BCUT2D eigenvalue weighted by Crippen LogP contribution is 2.47. The number of halogens is 3. The van der Waals surface area contributed by atoms with Gasteiger partial charge in [0.2, 0.25) is 0 Å². The van der Waals surface area contributed by atoms with E-state index in [1.165, 1.54) is 18.3 Å². The summed E-state index contributed by atoms with van der Waals surface area (Å²) in [4.78, 5) is 18.4. The van der Waals surface area contributed by atoms with Gasteiger partial charge in [0.1, 0.15) is 17.2 Å². The fraction of sp³-hybridized carbons (Fsp3) is 0.387. The molecule has 4 heterocycles. The minimum Gasteiger partial charge on any atom is -0.478 e.